The van der Waals surface area contributed by atoms with E-state index in [4.69, 9.17) is 10.8 Å². The summed E-state index contributed by atoms with van der Waals surface area (Å²) in [6.45, 7) is 1.58. The van der Waals surface area contributed by atoms with Gasteiger partial charge in [0.1, 0.15) is 6.10 Å². The molecular formula is C11H15NO4. The number of benzene rings is 1. The van der Waals surface area contributed by atoms with Crippen LogP contribution in [0, 0.1) is 6.92 Å². The van der Waals surface area contributed by atoms with Gasteiger partial charge < -0.3 is 21.1 Å². The summed E-state index contributed by atoms with van der Waals surface area (Å²) in [6.07, 6.45) is -2.14. The van der Waals surface area contributed by atoms with Gasteiger partial charge in [0.2, 0.25) is 0 Å². The van der Waals surface area contributed by atoms with Gasteiger partial charge in [0.05, 0.1) is 11.7 Å². The van der Waals surface area contributed by atoms with Gasteiger partial charge in [0, 0.05) is 6.54 Å². The van der Waals surface area contributed by atoms with Crippen molar-refractivity contribution in [3.63, 3.8) is 0 Å². The molecule has 0 saturated heterocycles. The van der Waals surface area contributed by atoms with E-state index in [1.54, 1.807) is 6.92 Å². The lowest BCUT2D eigenvalue weighted by molar-refractivity contribution is 0.0243. The van der Waals surface area contributed by atoms with Gasteiger partial charge in [-0.25, -0.2) is 4.79 Å². The molecule has 0 amide bonds. The number of carboxylic acid groups (broad SMARTS) is 1. The van der Waals surface area contributed by atoms with Crippen LogP contribution in [0.2, 0.25) is 0 Å². The number of aromatic carboxylic acids is 1. The number of hydrogen-bond acceptors (Lipinski definition) is 4. The van der Waals surface area contributed by atoms with Crippen molar-refractivity contribution < 1.29 is 20.1 Å². The molecule has 0 fully saturated rings. The zero-order valence-corrected chi connectivity index (χ0v) is 8.92. The summed E-state index contributed by atoms with van der Waals surface area (Å²) in [7, 11) is 0. The third-order valence-electron chi connectivity index (χ3n) is 2.43. The predicted octanol–water partition coefficient (Wildman–Crippen LogP) is 0.0462. The Morgan fingerprint density at radius 2 is 2.06 bits per heavy atom. The van der Waals surface area contributed by atoms with Crippen molar-refractivity contribution >= 4 is 5.97 Å². The van der Waals surface area contributed by atoms with Crippen molar-refractivity contribution in [1.82, 2.24) is 0 Å². The fourth-order valence-corrected chi connectivity index (χ4v) is 1.46. The molecule has 0 aliphatic heterocycles. The number of carbonyl (C=O) groups is 1. The summed E-state index contributed by atoms with van der Waals surface area (Å²) in [5.74, 6) is -1.02. The Labute approximate surface area is 93.1 Å². The number of aliphatic hydroxyl groups is 2. The maximum Gasteiger partial charge on any atom is 0.335 e. The highest BCUT2D eigenvalue weighted by molar-refractivity contribution is 5.89. The van der Waals surface area contributed by atoms with Crippen LogP contribution in [0.25, 0.3) is 0 Å². The van der Waals surface area contributed by atoms with Crippen LogP contribution < -0.4 is 5.73 Å². The zero-order chi connectivity index (χ0) is 12.3. The first-order chi connectivity index (χ1) is 7.47. The Morgan fingerprint density at radius 1 is 1.44 bits per heavy atom. The first-order valence-corrected chi connectivity index (χ1v) is 4.87. The highest BCUT2D eigenvalue weighted by Gasteiger charge is 2.18. The van der Waals surface area contributed by atoms with Gasteiger partial charge in [-0.15, -0.1) is 0 Å². The Balaban J connectivity index is 3.01. The molecule has 0 radical (unpaired) electrons. The SMILES string of the molecule is Cc1cc(C(O)C(O)CN)ccc1C(=O)O. The number of aliphatic hydroxyl groups excluding tert-OH is 2. The van der Waals surface area contributed by atoms with Crippen LogP contribution in [-0.2, 0) is 0 Å². The average Bonchev–Trinajstić information content (AvgIpc) is 2.26. The van der Waals surface area contributed by atoms with Crippen molar-refractivity contribution in [2.24, 2.45) is 5.73 Å². The predicted molar refractivity (Wildman–Crippen MR) is 58.2 cm³/mol. The second-order valence-electron chi connectivity index (χ2n) is 3.63. The van der Waals surface area contributed by atoms with Gasteiger partial charge in [-0.1, -0.05) is 12.1 Å². The number of aryl methyl sites for hydroxylation is 1. The molecule has 0 bridgehead atoms. The maximum absolute atomic E-state index is 10.8. The Morgan fingerprint density at radius 3 is 2.50 bits per heavy atom. The number of rotatable bonds is 4. The van der Waals surface area contributed by atoms with Crippen LogP contribution in [-0.4, -0.2) is 33.9 Å². The van der Waals surface area contributed by atoms with Crippen LogP contribution in [0.15, 0.2) is 18.2 Å². The molecule has 0 saturated carbocycles. The molecule has 5 nitrogen and oxygen atoms in total. The maximum atomic E-state index is 10.8. The van der Waals surface area contributed by atoms with Crippen molar-refractivity contribution in [1.29, 1.82) is 0 Å². The smallest absolute Gasteiger partial charge is 0.335 e. The molecule has 2 unspecified atom stereocenters. The normalized spacial score (nSPS) is 14.5. The number of carboxylic acids is 1. The van der Waals surface area contributed by atoms with E-state index < -0.39 is 18.2 Å². The van der Waals surface area contributed by atoms with E-state index in [9.17, 15) is 15.0 Å². The molecule has 0 heterocycles. The van der Waals surface area contributed by atoms with E-state index in [1.165, 1.54) is 18.2 Å². The summed E-state index contributed by atoms with van der Waals surface area (Å²) < 4.78 is 0. The van der Waals surface area contributed by atoms with Gasteiger partial charge in [-0.05, 0) is 24.1 Å². The summed E-state index contributed by atoms with van der Waals surface area (Å²) in [4.78, 5) is 10.8. The Hall–Kier alpha value is -1.43. The lowest BCUT2D eigenvalue weighted by atomic mass is 9.99. The molecule has 0 aromatic heterocycles. The molecule has 1 aromatic carbocycles. The second kappa shape index (κ2) is 5.07. The molecule has 0 spiro atoms. The summed E-state index contributed by atoms with van der Waals surface area (Å²) in [6, 6.07) is 4.41. The summed E-state index contributed by atoms with van der Waals surface area (Å²) in [5, 5.41) is 27.8. The van der Waals surface area contributed by atoms with Gasteiger partial charge in [0.25, 0.3) is 0 Å². The second-order valence-corrected chi connectivity index (χ2v) is 3.63. The first-order valence-electron chi connectivity index (χ1n) is 4.87. The largest absolute Gasteiger partial charge is 0.478 e. The van der Waals surface area contributed by atoms with E-state index in [1.807, 2.05) is 0 Å². The molecule has 16 heavy (non-hydrogen) atoms. The first kappa shape index (κ1) is 12.6. The van der Waals surface area contributed by atoms with Crippen LogP contribution in [0.4, 0.5) is 0 Å². The third kappa shape index (κ3) is 2.57. The number of nitrogens with two attached hydrogens (primary N) is 1. The fourth-order valence-electron chi connectivity index (χ4n) is 1.46. The molecular weight excluding hydrogens is 210 g/mol. The van der Waals surface area contributed by atoms with Gasteiger partial charge in [-0.3, -0.25) is 0 Å². The number of hydrogen-bond donors (Lipinski definition) is 4. The van der Waals surface area contributed by atoms with Gasteiger partial charge in [-0.2, -0.15) is 0 Å². The van der Waals surface area contributed by atoms with Crippen molar-refractivity contribution in [2.45, 2.75) is 19.1 Å². The van der Waals surface area contributed by atoms with E-state index in [-0.39, 0.29) is 12.1 Å². The van der Waals surface area contributed by atoms with Crippen molar-refractivity contribution in [3.05, 3.63) is 34.9 Å². The molecule has 1 aromatic rings. The molecule has 88 valence electrons. The monoisotopic (exact) mass is 225 g/mol. The quantitative estimate of drug-likeness (QED) is 0.579. The molecule has 1 rings (SSSR count). The third-order valence-corrected chi connectivity index (χ3v) is 2.43. The molecule has 2 atom stereocenters. The highest BCUT2D eigenvalue weighted by atomic mass is 16.4. The topological polar surface area (TPSA) is 104 Å². The van der Waals surface area contributed by atoms with E-state index >= 15 is 0 Å². The van der Waals surface area contributed by atoms with Crippen molar-refractivity contribution in [2.75, 3.05) is 6.54 Å². The fraction of sp³-hybridized carbons (Fsp3) is 0.364. The van der Waals surface area contributed by atoms with Crippen molar-refractivity contribution in [3.8, 4) is 0 Å². The average molecular weight is 225 g/mol. The summed E-state index contributed by atoms with van der Waals surface area (Å²) in [5.41, 5.74) is 6.40. The zero-order valence-electron chi connectivity index (χ0n) is 8.92. The van der Waals surface area contributed by atoms with Crippen LogP contribution >= 0.6 is 0 Å². The molecule has 5 N–H and O–H groups in total. The molecule has 0 aliphatic rings. The lowest BCUT2D eigenvalue weighted by Crippen LogP contribution is -2.27. The molecule has 0 aliphatic carbocycles. The highest BCUT2D eigenvalue weighted by Crippen LogP contribution is 2.20. The van der Waals surface area contributed by atoms with Gasteiger partial charge >= 0.3 is 5.97 Å². The summed E-state index contributed by atoms with van der Waals surface area (Å²) >= 11 is 0. The van der Waals surface area contributed by atoms with E-state index in [0.29, 0.717) is 11.1 Å². The van der Waals surface area contributed by atoms with Gasteiger partial charge in [0.15, 0.2) is 0 Å². The lowest BCUT2D eigenvalue weighted by Gasteiger charge is -2.17. The Kier molecular flexibility index (Phi) is 4.00. The van der Waals surface area contributed by atoms with Crippen LogP contribution in [0.3, 0.4) is 0 Å². The van der Waals surface area contributed by atoms with Crippen LogP contribution in [0.1, 0.15) is 27.6 Å². The van der Waals surface area contributed by atoms with E-state index in [0.717, 1.165) is 0 Å². The standard InChI is InChI=1S/C11H15NO4/c1-6-4-7(10(14)9(13)5-12)2-3-8(6)11(15)16/h2-4,9-10,13-14H,5,12H2,1H3,(H,15,16). The minimum absolute atomic E-state index is 0.0547. The Bertz CT molecular complexity index is 392. The minimum atomic E-state index is -1.09. The molecule has 5 heteroatoms. The van der Waals surface area contributed by atoms with E-state index in [2.05, 4.69) is 0 Å². The van der Waals surface area contributed by atoms with Crippen LogP contribution in [0.5, 0.6) is 0 Å². The minimum Gasteiger partial charge on any atom is -0.478 e.